The summed E-state index contributed by atoms with van der Waals surface area (Å²) in [6.45, 7) is 2.46. The Bertz CT molecular complexity index is 1310. The number of benzene rings is 3. The summed E-state index contributed by atoms with van der Waals surface area (Å²) in [5.41, 5.74) is 3.61. The number of rotatable bonds is 10. The number of carbonyl (C=O) groups excluding carboxylic acids is 2. The molecular weight excluding hydrogens is 468 g/mol. The van der Waals surface area contributed by atoms with Crippen LogP contribution in [-0.4, -0.2) is 23.5 Å². The maximum atomic E-state index is 10.7. The van der Waals surface area contributed by atoms with Crippen molar-refractivity contribution in [3.05, 3.63) is 60.2 Å². The van der Waals surface area contributed by atoms with Gasteiger partial charge < -0.3 is 29.0 Å². The van der Waals surface area contributed by atoms with E-state index in [1.165, 1.54) is 0 Å². The van der Waals surface area contributed by atoms with Gasteiger partial charge in [0.2, 0.25) is 5.89 Å². The molecule has 0 radical (unpaired) electrons. The van der Waals surface area contributed by atoms with Crippen molar-refractivity contribution < 1.29 is 88.1 Å². The van der Waals surface area contributed by atoms with E-state index >= 15 is 0 Å². The molecule has 0 unspecified atom stereocenters. The third-order valence-corrected chi connectivity index (χ3v) is 5.65. The Morgan fingerprint density at radius 1 is 0.943 bits per heavy atom. The molecule has 0 fully saturated rings. The van der Waals surface area contributed by atoms with Crippen LogP contribution >= 0.6 is 0 Å². The van der Waals surface area contributed by atoms with Crippen molar-refractivity contribution in [2.24, 2.45) is 5.92 Å². The molecule has 0 aliphatic rings. The minimum Gasteiger partial charge on any atom is -0.549 e. The quantitative estimate of drug-likeness (QED) is 0.132. The molecule has 0 saturated carbocycles. The number of unbranched alkanes of at least 4 members (excludes halogenated alkanes) is 2. The molecule has 0 spiro atoms. The summed E-state index contributed by atoms with van der Waals surface area (Å²) in [4.78, 5) is 26.1. The van der Waals surface area contributed by atoms with Gasteiger partial charge in [-0.15, -0.1) is 0 Å². The zero-order chi connectivity index (χ0) is 23.4. The zero-order valence-electron chi connectivity index (χ0n) is 20.2. The van der Waals surface area contributed by atoms with Crippen LogP contribution in [0.5, 0.6) is 5.75 Å². The Balaban J connectivity index is 0.00000216. The molecule has 9 heteroatoms. The number of nitrogens with zero attached hydrogens (tertiary/aromatic N) is 1. The van der Waals surface area contributed by atoms with E-state index in [4.69, 9.17) is 9.15 Å². The SMILES string of the molecule is Cc1cccc2oc(-c3ccc4cc(OCCCCCC(C(=O)[O-])C(=O)[O-])ccc4c3)nc12.[Na+].[Na+]. The monoisotopic (exact) mass is 491 g/mol. The number of aromatic nitrogens is 1. The summed E-state index contributed by atoms with van der Waals surface area (Å²) in [5.74, 6) is -3.44. The summed E-state index contributed by atoms with van der Waals surface area (Å²) in [5, 5.41) is 23.5. The van der Waals surface area contributed by atoms with Gasteiger partial charge >= 0.3 is 59.1 Å². The molecule has 170 valence electrons. The zero-order valence-corrected chi connectivity index (χ0v) is 24.2. The third-order valence-electron chi connectivity index (χ3n) is 5.65. The molecule has 0 N–H and O–H groups in total. The topological polar surface area (TPSA) is 116 Å². The van der Waals surface area contributed by atoms with Crippen LogP contribution in [-0.2, 0) is 9.59 Å². The number of ether oxygens (including phenoxy) is 1. The Kier molecular flexibility index (Phi) is 11.3. The molecule has 0 aliphatic heterocycles. The molecule has 3 aromatic carbocycles. The number of hydrogen-bond acceptors (Lipinski definition) is 7. The molecule has 4 rings (SSSR count). The van der Waals surface area contributed by atoms with E-state index in [2.05, 4.69) is 4.98 Å². The molecule has 7 nitrogen and oxygen atoms in total. The third kappa shape index (κ3) is 7.32. The van der Waals surface area contributed by atoms with Crippen molar-refractivity contribution in [1.29, 1.82) is 0 Å². The minimum atomic E-state index is -1.60. The second-order valence-corrected chi connectivity index (χ2v) is 8.05. The van der Waals surface area contributed by atoms with E-state index in [1.54, 1.807) is 0 Å². The van der Waals surface area contributed by atoms with E-state index in [-0.39, 0.29) is 65.5 Å². The number of fused-ring (bicyclic) bond motifs is 2. The van der Waals surface area contributed by atoms with Crippen molar-refractivity contribution in [2.75, 3.05) is 6.61 Å². The van der Waals surface area contributed by atoms with E-state index < -0.39 is 17.9 Å². The fourth-order valence-corrected chi connectivity index (χ4v) is 3.81. The maximum absolute atomic E-state index is 10.7. The van der Waals surface area contributed by atoms with Crippen LogP contribution in [0.2, 0.25) is 0 Å². The number of oxazole rings is 1. The van der Waals surface area contributed by atoms with Crippen molar-refractivity contribution in [2.45, 2.75) is 32.6 Å². The Morgan fingerprint density at radius 3 is 2.37 bits per heavy atom. The van der Waals surface area contributed by atoms with Gasteiger partial charge in [0.05, 0.1) is 18.5 Å². The summed E-state index contributed by atoms with van der Waals surface area (Å²) >= 11 is 0. The van der Waals surface area contributed by atoms with Crippen molar-refractivity contribution in [1.82, 2.24) is 4.98 Å². The number of aliphatic carboxylic acids is 2. The van der Waals surface area contributed by atoms with E-state index in [0.717, 1.165) is 38.7 Å². The molecule has 0 amide bonds. The van der Waals surface area contributed by atoms with Crippen molar-refractivity contribution in [3.8, 4) is 17.2 Å². The number of aryl methyl sites for hydroxylation is 1. The summed E-state index contributed by atoms with van der Waals surface area (Å²) in [7, 11) is 0. The van der Waals surface area contributed by atoms with Crippen LogP contribution in [0.4, 0.5) is 0 Å². The van der Waals surface area contributed by atoms with E-state index in [0.29, 0.717) is 31.8 Å². The number of carbonyl (C=O) groups is 2. The number of carboxylic acid groups (broad SMARTS) is 2. The minimum absolute atomic E-state index is 0. The van der Waals surface area contributed by atoms with Crippen LogP contribution in [0.25, 0.3) is 33.3 Å². The predicted octanol–water partition coefficient (Wildman–Crippen LogP) is -2.98. The van der Waals surface area contributed by atoms with Crippen molar-refractivity contribution in [3.63, 3.8) is 0 Å². The Morgan fingerprint density at radius 2 is 1.66 bits per heavy atom. The van der Waals surface area contributed by atoms with Crippen LogP contribution in [0.1, 0.15) is 31.2 Å². The Labute approximate surface area is 247 Å². The van der Waals surface area contributed by atoms with Gasteiger partial charge in [0, 0.05) is 11.5 Å². The van der Waals surface area contributed by atoms with Gasteiger partial charge in [-0.3, -0.25) is 0 Å². The van der Waals surface area contributed by atoms with Gasteiger partial charge in [0.15, 0.2) is 5.58 Å². The summed E-state index contributed by atoms with van der Waals surface area (Å²) < 4.78 is 11.7. The standard InChI is InChI=1S/C26H25NO6.2Na/c1-16-6-5-8-22-23(16)27-24(33-22)19-10-9-18-15-20(12-11-17(18)14-19)32-13-4-2-3-7-21(25(28)29)26(30)31;;/h5-6,8-12,14-15,21H,2-4,7,13H2,1H3,(H,28,29)(H,30,31);;/q;2*+1/p-2. The molecule has 1 aromatic heterocycles. The van der Waals surface area contributed by atoms with Gasteiger partial charge in [0.1, 0.15) is 11.3 Å². The molecular formula is C26H23NNa2O6. The van der Waals surface area contributed by atoms with E-state index in [1.807, 2.05) is 61.5 Å². The van der Waals surface area contributed by atoms with Crippen LogP contribution in [0, 0.1) is 12.8 Å². The second kappa shape index (κ2) is 13.4. The summed E-state index contributed by atoms with van der Waals surface area (Å²) in [6, 6.07) is 17.7. The fourth-order valence-electron chi connectivity index (χ4n) is 3.81. The average Bonchev–Trinajstić information content (AvgIpc) is 3.23. The number of carboxylic acids is 2. The number of hydrogen-bond donors (Lipinski definition) is 0. The molecule has 35 heavy (non-hydrogen) atoms. The second-order valence-electron chi connectivity index (χ2n) is 8.05. The van der Waals surface area contributed by atoms with Gasteiger partial charge in [-0.1, -0.05) is 37.1 Å². The van der Waals surface area contributed by atoms with Crippen molar-refractivity contribution >= 4 is 33.8 Å². The maximum Gasteiger partial charge on any atom is 1.00 e. The van der Waals surface area contributed by atoms with Gasteiger partial charge in [0.25, 0.3) is 0 Å². The molecule has 0 aliphatic carbocycles. The first-order valence-electron chi connectivity index (χ1n) is 10.9. The van der Waals surface area contributed by atoms with Crippen LogP contribution < -0.4 is 74.1 Å². The smallest absolute Gasteiger partial charge is 0.549 e. The predicted molar refractivity (Wildman–Crippen MR) is 119 cm³/mol. The normalized spacial score (nSPS) is 10.7. The van der Waals surface area contributed by atoms with Gasteiger partial charge in [-0.25, -0.2) is 4.98 Å². The fraction of sp³-hybridized carbons (Fsp3) is 0.269. The molecule has 4 aromatic rings. The van der Waals surface area contributed by atoms with E-state index in [9.17, 15) is 19.8 Å². The first-order chi connectivity index (χ1) is 15.9. The Hall–Kier alpha value is -1.87. The molecule has 1 heterocycles. The number of para-hydroxylation sites is 1. The average molecular weight is 491 g/mol. The van der Waals surface area contributed by atoms with Crippen LogP contribution in [0.15, 0.2) is 59.0 Å². The largest absolute Gasteiger partial charge is 1.00 e. The molecule has 0 atom stereocenters. The van der Waals surface area contributed by atoms with Crippen LogP contribution in [0.3, 0.4) is 0 Å². The molecule has 0 saturated heterocycles. The first-order valence-corrected chi connectivity index (χ1v) is 10.9. The van der Waals surface area contributed by atoms with Gasteiger partial charge in [-0.05, 0) is 66.4 Å². The van der Waals surface area contributed by atoms with Gasteiger partial charge in [-0.2, -0.15) is 0 Å². The summed E-state index contributed by atoms with van der Waals surface area (Å²) in [6.07, 6.45) is 1.79. The molecule has 0 bridgehead atoms. The first kappa shape index (κ1) is 29.4.